The molecule has 2 aromatic rings. The number of H-pyrrole nitrogens is 1. The summed E-state index contributed by atoms with van der Waals surface area (Å²) >= 11 is 0. The van der Waals surface area contributed by atoms with Crippen molar-refractivity contribution < 1.29 is 4.74 Å². The number of nitrogens with one attached hydrogen (secondary N) is 1. The van der Waals surface area contributed by atoms with E-state index in [1.54, 1.807) is 13.3 Å². The van der Waals surface area contributed by atoms with Crippen molar-refractivity contribution in [2.75, 3.05) is 19.4 Å². The van der Waals surface area contributed by atoms with Gasteiger partial charge >= 0.3 is 0 Å². The average Bonchev–Trinajstić information content (AvgIpc) is 3.03. The third-order valence-electron chi connectivity index (χ3n) is 4.39. The SMILES string of the molecule is CO[C@@H]1C[C@@H](c2nc(C)c(C)[nH]2)N(Cc2ccnc(N)c2)C1. The lowest BCUT2D eigenvalue weighted by atomic mass is 10.1. The zero-order chi connectivity index (χ0) is 15.7. The summed E-state index contributed by atoms with van der Waals surface area (Å²) in [5.41, 5.74) is 9.13. The van der Waals surface area contributed by atoms with Crippen LogP contribution in [0.15, 0.2) is 18.3 Å². The molecule has 3 N–H and O–H groups in total. The van der Waals surface area contributed by atoms with Gasteiger partial charge in [0, 0.05) is 32.1 Å². The number of aromatic amines is 1. The quantitative estimate of drug-likeness (QED) is 0.902. The summed E-state index contributed by atoms with van der Waals surface area (Å²) in [5, 5.41) is 0. The van der Waals surface area contributed by atoms with E-state index in [4.69, 9.17) is 10.5 Å². The van der Waals surface area contributed by atoms with Gasteiger partial charge in [0.15, 0.2) is 0 Å². The van der Waals surface area contributed by atoms with Crippen LogP contribution in [0.2, 0.25) is 0 Å². The van der Waals surface area contributed by atoms with Gasteiger partial charge in [0.05, 0.1) is 17.8 Å². The summed E-state index contributed by atoms with van der Waals surface area (Å²) in [5.74, 6) is 1.58. The minimum atomic E-state index is 0.231. The molecule has 0 bridgehead atoms. The molecule has 0 aromatic carbocycles. The number of imidazole rings is 1. The second kappa shape index (κ2) is 6.06. The van der Waals surface area contributed by atoms with Crippen LogP contribution in [-0.4, -0.2) is 39.6 Å². The number of ether oxygens (including phenoxy) is 1. The fourth-order valence-corrected chi connectivity index (χ4v) is 3.05. The maximum absolute atomic E-state index is 5.78. The van der Waals surface area contributed by atoms with Crippen molar-refractivity contribution in [3.8, 4) is 0 Å². The minimum Gasteiger partial charge on any atom is -0.384 e. The predicted octanol–water partition coefficient (Wildman–Crippen LogP) is 1.97. The molecular formula is C16H23N5O. The number of anilines is 1. The molecule has 3 heterocycles. The fraction of sp³-hybridized carbons (Fsp3) is 0.500. The Morgan fingerprint density at radius 3 is 2.91 bits per heavy atom. The molecule has 3 rings (SSSR count). The van der Waals surface area contributed by atoms with Gasteiger partial charge in [0.25, 0.3) is 0 Å². The van der Waals surface area contributed by atoms with Crippen molar-refractivity contribution in [3.63, 3.8) is 0 Å². The van der Waals surface area contributed by atoms with E-state index >= 15 is 0 Å². The van der Waals surface area contributed by atoms with Crippen LogP contribution in [0, 0.1) is 13.8 Å². The van der Waals surface area contributed by atoms with Crippen LogP contribution in [0.5, 0.6) is 0 Å². The molecule has 0 unspecified atom stereocenters. The van der Waals surface area contributed by atoms with Crippen LogP contribution >= 0.6 is 0 Å². The summed E-state index contributed by atoms with van der Waals surface area (Å²) in [7, 11) is 1.77. The number of hydrogen-bond donors (Lipinski definition) is 2. The number of rotatable bonds is 4. The zero-order valence-electron chi connectivity index (χ0n) is 13.3. The molecule has 1 aliphatic rings. The molecule has 0 radical (unpaired) electrons. The Morgan fingerprint density at radius 2 is 2.27 bits per heavy atom. The largest absolute Gasteiger partial charge is 0.384 e. The highest BCUT2D eigenvalue weighted by atomic mass is 16.5. The third kappa shape index (κ3) is 2.98. The van der Waals surface area contributed by atoms with Gasteiger partial charge in [-0.1, -0.05) is 0 Å². The van der Waals surface area contributed by atoms with E-state index in [-0.39, 0.29) is 12.1 Å². The monoisotopic (exact) mass is 301 g/mol. The number of methoxy groups -OCH3 is 1. The molecule has 6 nitrogen and oxygen atoms in total. The molecule has 1 fully saturated rings. The first-order chi connectivity index (χ1) is 10.6. The van der Waals surface area contributed by atoms with Crippen LogP contribution in [0.25, 0.3) is 0 Å². The lowest BCUT2D eigenvalue weighted by Crippen LogP contribution is -2.25. The van der Waals surface area contributed by atoms with Crippen molar-refractivity contribution in [2.45, 2.75) is 39.0 Å². The van der Waals surface area contributed by atoms with E-state index in [0.717, 1.165) is 42.3 Å². The van der Waals surface area contributed by atoms with Gasteiger partial charge in [0.1, 0.15) is 11.6 Å². The fourth-order valence-electron chi connectivity index (χ4n) is 3.05. The van der Waals surface area contributed by atoms with Crippen molar-refractivity contribution in [1.82, 2.24) is 19.9 Å². The topological polar surface area (TPSA) is 80.1 Å². The van der Waals surface area contributed by atoms with Gasteiger partial charge in [-0.3, -0.25) is 4.90 Å². The van der Waals surface area contributed by atoms with Crippen molar-refractivity contribution in [2.24, 2.45) is 0 Å². The van der Waals surface area contributed by atoms with E-state index in [0.29, 0.717) is 5.82 Å². The van der Waals surface area contributed by atoms with Crippen molar-refractivity contribution in [3.05, 3.63) is 41.1 Å². The van der Waals surface area contributed by atoms with Gasteiger partial charge < -0.3 is 15.5 Å². The molecule has 2 atom stereocenters. The van der Waals surface area contributed by atoms with Crippen LogP contribution in [0.4, 0.5) is 5.82 Å². The first-order valence-corrected chi connectivity index (χ1v) is 7.57. The van der Waals surface area contributed by atoms with Crippen LogP contribution < -0.4 is 5.73 Å². The van der Waals surface area contributed by atoms with Gasteiger partial charge in [0.2, 0.25) is 0 Å². The predicted molar refractivity (Wildman–Crippen MR) is 85.3 cm³/mol. The number of nitrogen functional groups attached to an aromatic ring is 1. The molecule has 22 heavy (non-hydrogen) atoms. The molecule has 0 amide bonds. The summed E-state index contributed by atoms with van der Waals surface area (Å²) in [6, 6.07) is 4.17. The van der Waals surface area contributed by atoms with Crippen molar-refractivity contribution in [1.29, 1.82) is 0 Å². The van der Waals surface area contributed by atoms with E-state index in [1.165, 1.54) is 0 Å². The van der Waals surface area contributed by atoms with E-state index in [2.05, 4.69) is 26.8 Å². The molecule has 118 valence electrons. The lowest BCUT2D eigenvalue weighted by Gasteiger charge is -2.22. The average molecular weight is 301 g/mol. The van der Waals surface area contributed by atoms with Gasteiger partial charge in [-0.2, -0.15) is 0 Å². The summed E-state index contributed by atoms with van der Waals surface area (Å²) in [4.78, 5) is 14.5. The Labute approximate surface area is 130 Å². The number of nitrogens with zero attached hydrogens (tertiary/aromatic N) is 3. The third-order valence-corrected chi connectivity index (χ3v) is 4.39. The second-order valence-corrected chi connectivity index (χ2v) is 5.96. The van der Waals surface area contributed by atoms with Gasteiger partial charge in [-0.05, 0) is 38.0 Å². The number of likely N-dealkylation sites (tertiary alicyclic amines) is 1. The number of aromatic nitrogens is 3. The van der Waals surface area contributed by atoms with Crippen LogP contribution in [0.1, 0.15) is 35.2 Å². The number of hydrogen-bond acceptors (Lipinski definition) is 5. The standard InChI is InChI=1S/C16H23N5O/c1-10-11(2)20-16(19-10)14-7-13(22-3)9-21(14)8-12-4-5-18-15(17)6-12/h4-6,13-14H,7-9H2,1-3H3,(H2,17,18)(H,19,20)/t13-,14+/m1/s1. The molecule has 0 spiro atoms. The second-order valence-electron chi connectivity index (χ2n) is 5.96. The Morgan fingerprint density at radius 1 is 1.45 bits per heavy atom. The Bertz CT molecular complexity index is 634. The Hall–Kier alpha value is -1.92. The maximum atomic E-state index is 5.78. The molecule has 2 aromatic heterocycles. The highest BCUT2D eigenvalue weighted by Gasteiger charge is 2.35. The Kier molecular flexibility index (Phi) is 4.13. The Balaban J connectivity index is 1.83. The molecule has 1 aliphatic heterocycles. The van der Waals surface area contributed by atoms with E-state index < -0.39 is 0 Å². The molecular weight excluding hydrogens is 278 g/mol. The van der Waals surface area contributed by atoms with E-state index in [9.17, 15) is 0 Å². The summed E-state index contributed by atoms with van der Waals surface area (Å²) in [6.07, 6.45) is 2.93. The summed E-state index contributed by atoms with van der Waals surface area (Å²) < 4.78 is 5.57. The number of aryl methyl sites for hydroxylation is 2. The first-order valence-electron chi connectivity index (χ1n) is 7.57. The number of nitrogens with two attached hydrogens (primary N) is 1. The molecule has 6 heteroatoms. The van der Waals surface area contributed by atoms with Crippen molar-refractivity contribution >= 4 is 5.82 Å². The lowest BCUT2D eigenvalue weighted by molar-refractivity contribution is 0.107. The molecule has 0 aliphatic carbocycles. The van der Waals surface area contributed by atoms with E-state index in [1.807, 2.05) is 19.1 Å². The van der Waals surface area contributed by atoms with Crippen LogP contribution in [0.3, 0.4) is 0 Å². The maximum Gasteiger partial charge on any atom is 0.124 e. The highest BCUT2D eigenvalue weighted by molar-refractivity contribution is 5.32. The highest BCUT2D eigenvalue weighted by Crippen LogP contribution is 2.33. The van der Waals surface area contributed by atoms with Gasteiger partial charge in [-0.15, -0.1) is 0 Å². The minimum absolute atomic E-state index is 0.231. The molecule has 0 saturated carbocycles. The smallest absolute Gasteiger partial charge is 0.124 e. The molecule has 1 saturated heterocycles. The first kappa shape index (κ1) is 15.0. The zero-order valence-corrected chi connectivity index (χ0v) is 13.3. The summed E-state index contributed by atoms with van der Waals surface area (Å²) in [6.45, 7) is 5.80. The van der Waals surface area contributed by atoms with Crippen LogP contribution in [-0.2, 0) is 11.3 Å². The normalized spacial score (nSPS) is 22.3. The number of pyridine rings is 1. The van der Waals surface area contributed by atoms with Gasteiger partial charge in [-0.25, -0.2) is 9.97 Å².